The van der Waals surface area contributed by atoms with Crippen molar-refractivity contribution in [3.63, 3.8) is 0 Å². The molecule has 1 aromatic heterocycles. The van der Waals surface area contributed by atoms with Gasteiger partial charge in [-0.05, 0) is 93.0 Å². The molecule has 0 radical (unpaired) electrons. The maximum atomic E-state index is 13.7. The van der Waals surface area contributed by atoms with Crippen molar-refractivity contribution in [1.82, 2.24) is 15.3 Å². The Morgan fingerprint density at radius 1 is 1.03 bits per heavy atom. The van der Waals surface area contributed by atoms with E-state index in [1.54, 1.807) is 0 Å². The highest BCUT2D eigenvalue weighted by Crippen LogP contribution is 2.65. The second kappa shape index (κ2) is 9.19. The number of hydrogen-bond donors (Lipinski definition) is 4. The minimum Gasteiger partial charge on any atom is -0.349 e. The number of benzene rings is 2. The summed E-state index contributed by atoms with van der Waals surface area (Å²) in [6, 6.07) is 13.7. The highest BCUT2D eigenvalue weighted by atomic mass is 16.2. The molecular weight excluding hydrogens is 486 g/mol. The van der Waals surface area contributed by atoms with E-state index in [0.717, 1.165) is 66.6 Å². The van der Waals surface area contributed by atoms with Crippen LogP contribution in [0.5, 0.6) is 0 Å². The van der Waals surface area contributed by atoms with E-state index < -0.39 is 0 Å². The number of carbonyl (C=O) groups excluding carboxylic acids is 2. The molecule has 4 aliphatic carbocycles. The van der Waals surface area contributed by atoms with Gasteiger partial charge in [-0.1, -0.05) is 38.3 Å². The SMILES string of the molecule is C[C@@H]1C[C@@H]2C[C@@]3(N)CC(C(=O)Nc4ccc5nc(-c6ccc(C(=O)NC7CCCCC7)cc6)[nH]c5c4)(CC23)C1. The van der Waals surface area contributed by atoms with Gasteiger partial charge >= 0.3 is 0 Å². The third kappa shape index (κ3) is 4.35. The molecule has 2 bridgehead atoms. The van der Waals surface area contributed by atoms with E-state index in [0.29, 0.717) is 29.4 Å². The van der Waals surface area contributed by atoms with Gasteiger partial charge in [0, 0.05) is 28.4 Å². The Morgan fingerprint density at radius 3 is 2.62 bits per heavy atom. The topological polar surface area (TPSA) is 113 Å². The largest absolute Gasteiger partial charge is 0.349 e. The summed E-state index contributed by atoms with van der Waals surface area (Å²) in [5.41, 5.74) is 10.3. The first-order chi connectivity index (χ1) is 18.8. The fraction of sp³-hybridized carbons (Fsp3) is 0.531. The van der Waals surface area contributed by atoms with Gasteiger partial charge in [-0.25, -0.2) is 4.98 Å². The van der Waals surface area contributed by atoms with E-state index in [4.69, 9.17) is 10.7 Å². The number of fused-ring (bicyclic) bond motifs is 2. The fourth-order valence-corrected chi connectivity index (χ4v) is 8.51. The number of imidazole rings is 1. The lowest BCUT2D eigenvalue weighted by atomic mass is 9.58. The molecular formula is C32H39N5O2. The number of nitrogens with zero attached hydrogens (tertiary/aromatic N) is 1. The molecule has 5 atom stereocenters. The molecule has 2 amide bonds. The molecule has 204 valence electrons. The molecule has 39 heavy (non-hydrogen) atoms. The van der Waals surface area contributed by atoms with Gasteiger partial charge in [-0.2, -0.15) is 0 Å². The number of aromatic nitrogens is 2. The van der Waals surface area contributed by atoms with Crippen molar-refractivity contribution >= 4 is 28.5 Å². The van der Waals surface area contributed by atoms with Crippen LogP contribution in [0.4, 0.5) is 5.69 Å². The van der Waals surface area contributed by atoms with Gasteiger partial charge in [0.25, 0.3) is 5.91 Å². The van der Waals surface area contributed by atoms with Gasteiger partial charge in [-0.3, -0.25) is 9.59 Å². The van der Waals surface area contributed by atoms with Crippen LogP contribution in [-0.4, -0.2) is 33.4 Å². The van der Waals surface area contributed by atoms with E-state index in [1.807, 2.05) is 42.5 Å². The van der Waals surface area contributed by atoms with Crippen LogP contribution >= 0.6 is 0 Å². The third-order valence-electron chi connectivity index (χ3n) is 10.3. The lowest BCUT2D eigenvalue weighted by Gasteiger charge is -2.51. The molecule has 4 saturated carbocycles. The van der Waals surface area contributed by atoms with E-state index >= 15 is 0 Å². The first-order valence-electron chi connectivity index (χ1n) is 14.8. The average molecular weight is 526 g/mol. The summed E-state index contributed by atoms with van der Waals surface area (Å²) < 4.78 is 0. The van der Waals surface area contributed by atoms with Crippen molar-refractivity contribution in [3.05, 3.63) is 48.0 Å². The van der Waals surface area contributed by atoms with Crippen LogP contribution in [0.3, 0.4) is 0 Å². The highest BCUT2D eigenvalue weighted by molar-refractivity contribution is 5.98. The fourth-order valence-electron chi connectivity index (χ4n) is 8.51. The second-order valence-electron chi connectivity index (χ2n) is 13.2. The molecule has 7 nitrogen and oxygen atoms in total. The van der Waals surface area contributed by atoms with Crippen molar-refractivity contribution in [1.29, 1.82) is 0 Å². The molecule has 7 rings (SSSR count). The molecule has 0 saturated heterocycles. The number of aromatic amines is 1. The van der Waals surface area contributed by atoms with Gasteiger partial charge in [0.2, 0.25) is 5.91 Å². The maximum Gasteiger partial charge on any atom is 0.251 e. The predicted octanol–water partition coefficient (Wildman–Crippen LogP) is 5.77. The van der Waals surface area contributed by atoms with Crippen LogP contribution in [0.1, 0.15) is 81.5 Å². The predicted molar refractivity (Wildman–Crippen MR) is 153 cm³/mol. The summed E-state index contributed by atoms with van der Waals surface area (Å²) in [6.45, 7) is 2.29. The summed E-state index contributed by atoms with van der Waals surface area (Å²) in [4.78, 5) is 34.6. The van der Waals surface area contributed by atoms with Crippen LogP contribution in [-0.2, 0) is 4.79 Å². The zero-order valence-electron chi connectivity index (χ0n) is 22.8. The van der Waals surface area contributed by atoms with Crippen molar-refractivity contribution in [3.8, 4) is 11.4 Å². The van der Waals surface area contributed by atoms with Gasteiger partial charge in [0.15, 0.2) is 0 Å². The van der Waals surface area contributed by atoms with Gasteiger partial charge in [0.1, 0.15) is 5.82 Å². The number of nitrogens with two attached hydrogens (primary N) is 1. The summed E-state index contributed by atoms with van der Waals surface area (Å²) >= 11 is 0. The van der Waals surface area contributed by atoms with E-state index in [1.165, 1.54) is 25.7 Å². The standard InChI is InChI=1S/C32H39N5O2/c1-19-13-22-16-32(33)18-31(15-19,17-25(22)32)30(39)35-24-11-12-26-27(14-24)37-28(36-26)20-7-9-21(10-8-20)29(38)34-23-5-3-2-4-6-23/h7-12,14,19,22-23,25H,2-6,13,15-18,33H2,1H3,(H,34,38)(H,35,39)(H,36,37)/t19-,22-,25?,31?,32-/m1/s1. The average Bonchev–Trinajstić information content (AvgIpc) is 3.40. The van der Waals surface area contributed by atoms with Gasteiger partial charge in [-0.15, -0.1) is 0 Å². The summed E-state index contributed by atoms with van der Waals surface area (Å²) in [7, 11) is 0. The Morgan fingerprint density at radius 2 is 1.82 bits per heavy atom. The van der Waals surface area contributed by atoms with Crippen LogP contribution < -0.4 is 16.4 Å². The maximum absolute atomic E-state index is 13.7. The number of nitrogens with one attached hydrogen (secondary N) is 3. The number of hydrogen-bond acceptors (Lipinski definition) is 4. The molecule has 0 spiro atoms. The zero-order valence-corrected chi connectivity index (χ0v) is 22.8. The summed E-state index contributed by atoms with van der Waals surface area (Å²) in [5.74, 6) is 2.60. The minimum absolute atomic E-state index is 0.00712. The number of carbonyl (C=O) groups is 2. The Kier molecular flexibility index (Phi) is 5.85. The molecule has 3 aromatic rings. The van der Waals surface area contributed by atoms with Crippen molar-refractivity contribution in [2.75, 3.05) is 5.32 Å². The van der Waals surface area contributed by atoms with Crippen LogP contribution in [0.2, 0.25) is 0 Å². The normalized spacial score (nSPS) is 31.9. The molecule has 2 aromatic carbocycles. The van der Waals surface area contributed by atoms with E-state index in [2.05, 4.69) is 22.5 Å². The first-order valence-corrected chi connectivity index (χ1v) is 14.8. The third-order valence-corrected chi connectivity index (χ3v) is 10.3. The molecule has 4 aliphatic rings. The lowest BCUT2D eigenvalue weighted by molar-refractivity contribution is -0.126. The molecule has 1 heterocycles. The summed E-state index contributed by atoms with van der Waals surface area (Å²) in [5, 5.41) is 6.42. The van der Waals surface area contributed by atoms with E-state index in [9.17, 15) is 9.59 Å². The van der Waals surface area contributed by atoms with Gasteiger partial charge in [0.05, 0.1) is 16.4 Å². The van der Waals surface area contributed by atoms with Crippen LogP contribution in [0.25, 0.3) is 22.4 Å². The van der Waals surface area contributed by atoms with Crippen molar-refractivity contribution < 1.29 is 9.59 Å². The Hall–Kier alpha value is -3.19. The number of anilines is 1. The quantitative estimate of drug-likeness (QED) is 0.338. The Balaban J connectivity index is 1.06. The highest BCUT2D eigenvalue weighted by Gasteiger charge is 2.65. The monoisotopic (exact) mass is 525 g/mol. The molecule has 5 N–H and O–H groups in total. The van der Waals surface area contributed by atoms with Crippen molar-refractivity contribution in [2.45, 2.75) is 82.7 Å². The number of amides is 2. The zero-order chi connectivity index (χ0) is 26.8. The number of rotatable bonds is 5. The Labute approximate surface area is 229 Å². The van der Waals surface area contributed by atoms with Crippen molar-refractivity contribution in [2.24, 2.45) is 28.9 Å². The van der Waals surface area contributed by atoms with Gasteiger partial charge < -0.3 is 21.4 Å². The summed E-state index contributed by atoms with van der Waals surface area (Å²) in [6.07, 6.45) is 10.7. The Bertz CT molecular complexity index is 1420. The first kappa shape index (κ1) is 24.8. The molecule has 4 fully saturated rings. The van der Waals surface area contributed by atoms with Crippen LogP contribution in [0.15, 0.2) is 42.5 Å². The minimum atomic E-state index is -0.358. The van der Waals surface area contributed by atoms with E-state index in [-0.39, 0.29) is 22.8 Å². The molecule has 7 heteroatoms. The smallest absolute Gasteiger partial charge is 0.251 e. The number of H-pyrrole nitrogens is 1. The second-order valence-corrected chi connectivity index (χ2v) is 13.2. The lowest BCUT2D eigenvalue weighted by Crippen LogP contribution is -2.58. The molecule has 2 unspecified atom stereocenters. The van der Waals surface area contributed by atoms with Crippen LogP contribution in [0, 0.1) is 23.2 Å². The molecule has 0 aliphatic heterocycles.